The van der Waals surface area contributed by atoms with Crippen LogP contribution in [0.1, 0.15) is 69.4 Å². The maximum absolute atomic E-state index is 12.7. The second-order valence-electron chi connectivity index (χ2n) is 16.2. The van der Waals surface area contributed by atoms with Crippen LogP contribution in [-0.2, 0) is 6.54 Å². The summed E-state index contributed by atoms with van der Waals surface area (Å²) in [6.45, 7) is 14.7. The van der Waals surface area contributed by atoms with Gasteiger partial charge in [-0.05, 0) is 111 Å². The lowest BCUT2D eigenvalue weighted by atomic mass is 9.95. The van der Waals surface area contributed by atoms with Crippen molar-refractivity contribution in [3.8, 4) is 11.5 Å². The predicted octanol–water partition coefficient (Wildman–Crippen LogP) is 8.89. The molecule has 7 rings (SSSR count). The van der Waals surface area contributed by atoms with Crippen molar-refractivity contribution < 1.29 is 14.3 Å². The molecule has 12 nitrogen and oxygen atoms in total. The van der Waals surface area contributed by atoms with E-state index in [0.717, 1.165) is 72.9 Å². The van der Waals surface area contributed by atoms with Gasteiger partial charge in [-0.25, -0.2) is 19.7 Å². The number of anilines is 4. The van der Waals surface area contributed by atoms with Gasteiger partial charge in [-0.15, -0.1) is 0 Å². The van der Waals surface area contributed by atoms with Crippen LogP contribution in [0.5, 0.6) is 11.5 Å². The molecule has 2 aliphatic rings. The van der Waals surface area contributed by atoms with Crippen LogP contribution >= 0.6 is 0 Å². The van der Waals surface area contributed by atoms with Crippen molar-refractivity contribution in [1.82, 2.24) is 24.8 Å². The Hall–Kier alpha value is -5.46. The molecule has 0 spiro atoms. The zero-order valence-electron chi connectivity index (χ0n) is 35.0. The van der Waals surface area contributed by atoms with Crippen LogP contribution in [0.3, 0.4) is 0 Å². The number of carbonyl (C=O) groups excluding carboxylic acids is 1. The van der Waals surface area contributed by atoms with Gasteiger partial charge in [-0.2, -0.15) is 0 Å². The third-order valence-corrected chi connectivity index (χ3v) is 11.6. The van der Waals surface area contributed by atoms with Crippen LogP contribution in [0.25, 0.3) is 10.9 Å². The van der Waals surface area contributed by atoms with Crippen LogP contribution in [0, 0.1) is 5.92 Å². The molecule has 2 saturated heterocycles. The van der Waals surface area contributed by atoms with Crippen molar-refractivity contribution in [2.24, 2.45) is 5.92 Å². The summed E-state index contributed by atoms with van der Waals surface area (Å²) in [5.74, 6) is 4.40. The number of rotatable bonds is 18. The van der Waals surface area contributed by atoms with Crippen LogP contribution in [0.15, 0.2) is 91.4 Å². The molecule has 0 saturated carbocycles. The Morgan fingerprint density at radius 2 is 1.58 bits per heavy atom. The van der Waals surface area contributed by atoms with Gasteiger partial charge < -0.3 is 35.2 Å². The number of amides is 2. The first-order valence-corrected chi connectivity index (χ1v) is 21.5. The van der Waals surface area contributed by atoms with Gasteiger partial charge in [-0.1, -0.05) is 57.0 Å². The van der Waals surface area contributed by atoms with Crippen molar-refractivity contribution >= 4 is 39.9 Å². The average molecular weight is 800 g/mol. The van der Waals surface area contributed by atoms with E-state index < -0.39 is 0 Å². The first kappa shape index (κ1) is 41.7. The highest BCUT2D eigenvalue weighted by atomic mass is 16.5. The highest BCUT2D eigenvalue weighted by Gasteiger charge is 2.24. The molecule has 0 bridgehead atoms. The SMILES string of the molecule is COc1cc2ncnc(NCc3cccc(NC(=O)Nc4ccc(C(C)C)cc4)c3)c2cc1OCCCCCCN1CCC(CN2CCN(c3ccccn3)CC2)CC1. The second kappa shape index (κ2) is 21.0. The van der Waals surface area contributed by atoms with Gasteiger partial charge in [-0.3, -0.25) is 4.90 Å². The van der Waals surface area contributed by atoms with E-state index in [9.17, 15) is 4.79 Å². The van der Waals surface area contributed by atoms with E-state index in [-0.39, 0.29) is 6.03 Å². The molecule has 2 aromatic heterocycles. The summed E-state index contributed by atoms with van der Waals surface area (Å²) in [6.07, 6.45) is 10.6. The summed E-state index contributed by atoms with van der Waals surface area (Å²) in [5, 5.41) is 10.2. The van der Waals surface area contributed by atoms with Gasteiger partial charge in [0.1, 0.15) is 18.0 Å². The maximum atomic E-state index is 12.7. The molecule has 0 unspecified atom stereocenters. The summed E-state index contributed by atoms with van der Waals surface area (Å²) in [5.41, 5.74) is 4.44. The van der Waals surface area contributed by atoms with Crippen molar-refractivity contribution in [3.63, 3.8) is 0 Å². The molecule has 0 atom stereocenters. The number of aromatic nitrogens is 3. The fourth-order valence-corrected chi connectivity index (χ4v) is 8.10. The zero-order valence-corrected chi connectivity index (χ0v) is 35.0. The van der Waals surface area contributed by atoms with Gasteiger partial charge in [0.05, 0.1) is 19.2 Å². The smallest absolute Gasteiger partial charge is 0.323 e. The number of piperazine rings is 1. The van der Waals surface area contributed by atoms with Gasteiger partial charge in [0.15, 0.2) is 11.5 Å². The fraction of sp³-hybridized carbons (Fsp3) is 0.447. The van der Waals surface area contributed by atoms with E-state index in [1.807, 2.05) is 72.9 Å². The van der Waals surface area contributed by atoms with Crippen LogP contribution in [0.2, 0.25) is 0 Å². The quantitative estimate of drug-likeness (QED) is 0.0742. The fourth-order valence-electron chi connectivity index (χ4n) is 8.10. The Morgan fingerprint density at radius 3 is 2.34 bits per heavy atom. The third-order valence-electron chi connectivity index (χ3n) is 11.6. The molecule has 59 heavy (non-hydrogen) atoms. The number of piperidine rings is 1. The molecule has 3 N–H and O–H groups in total. The molecular formula is C47H61N9O3. The Bertz CT molecular complexity index is 2070. The first-order valence-electron chi connectivity index (χ1n) is 21.5. The topological polar surface area (TPSA) is 120 Å². The largest absolute Gasteiger partial charge is 0.493 e. The van der Waals surface area contributed by atoms with E-state index in [2.05, 4.69) is 71.6 Å². The molecule has 3 aromatic carbocycles. The minimum atomic E-state index is -0.291. The minimum Gasteiger partial charge on any atom is -0.493 e. The third kappa shape index (κ3) is 12.0. The van der Waals surface area contributed by atoms with Crippen LogP contribution < -0.4 is 30.3 Å². The summed E-state index contributed by atoms with van der Waals surface area (Å²) in [6, 6.07) is 25.5. The molecule has 312 valence electrons. The van der Waals surface area contributed by atoms with E-state index in [1.165, 1.54) is 57.4 Å². The number of ether oxygens (including phenoxy) is 2. The molecule has 0 radical (unpaired) electrons. The van der Waals surface area contributed by atoms with E-state index in [0.29, 0.717) is 42.1 Å². The van der Waals surface area contributed by atoms with Crippen molar-refractivity contribution in [2.75, 3.05) is 86.9 Å². The molecule has 2 fully saturated rings. The molecule has 2 amide bonds. The molecular weight excluding hydrogens is 739 g/mol. The summed E-state index contributed by atoms with van der Waals surface area (Å²) < 4.78 is 12.0. The number of likely N-dealkylation sites (tertiary alicyclic amines) is 1. The number of nitrogens with one attached hydrogen (secondary N) is 3. The monoisotopic (exact) mass is 799 g/mol. The lowest BCUT2D eigenvalue weighted by molar-refractivity contribution is 0.138. The number of hydrogen-bond acceptors (Lipinski definition) is 10. The van der Waals surface area contributed by atoms with Gasteiger partial charge in [0, 0.05) is 68.3 Å². The number of unbranched alkanes of at least 4 members (excludes halogenated alkanes) is 3. The molecule has 0 aliphatic carbocycles. The summed E-state index contributed by atoms with van der Waals surface area (Å²) >= 11 is 0. The maximum Gasteiger partial charge on any atom is 0.323 e. The number of nitrogens with zero attached hydrogens (tertiary/aromatic N) is 6. The number of benzene rings is 3. The van der Waals surface area contributed by atoms with Gasteiger partial charge in [0.25, 0.3) is 0 Å². The van der Waals surface area contributed by atoms with Crippen molar-refractivity contribution in [1.29, 1.82) is 0 Å². The van der Waals surface area contributed by atoms with Crippen LogP contribution in [0.4, 0.5) is 27.8 Å². The molecule has 2 aliphatic heterocycles. The van der Waals surface area contributed by atoms with Crippen molar-refractivity contribution in [2.45, 2.75) is 64.8 Å². The Balaban J connectivity index is 0.806. The predicted molar refractivity (Wildman–Crippen MR) is 239 cm³/mol. The number of fused-ring (bicyclic) bond motifs is 1. The standard InChI is InChI=1S/C47H61N9O3/c1-35(2)38-14-16-39(17-15-38)52-47(57)53-40-12-10-11-37(29-40)32-49-46-41-30-44(43(58-3)31-42(41)50-34-51-46)59-28-9-5-4-8-21-54-22-18-36(19-23-54)33-55-24-26-56(27-25-55)45-13-6-7-20-48-45/h6-7,10-17,20,29-31,34-36H,4-5,8-9,18-19,21-28,32-33H2,1-3H3,(H,49,50,51)(H2,52,53,57). The highest BCUT2D eigenvalue weighted by molar-refractivity contribution is 5.99. The number of pyridine rings is 1. The molecule has 12 heteroatoms. The highest BCUT2D eigenvalue weighted by Crippen LogP contribution is 2.34. The Labute approximate surface area is 349 Å². The average Bonchev–Trinajstić information content (AvgIpc) is 3.26. The minimum absolute atomic E-state index is 0.291. The second-order valence-corrected chi connectivity index (χ2v) is 16.2. The molecule has 5 aromatic rings. The van der Waals surface area contributed by atoms with E-state index >= 15 is 0 Å². The normalized spacial score (nSPS) is 15.4. The van der Waals surface area contributed by atoms with E-state index in [4.69, 9.17) is 9.47 Å². The van der Waals surface area contributed by atoms with Crippen molar-refractivity contribution in [3.05, 3.63) is 103 Å². The number of methoxy groups -OCH3 is 1. The summed E-state index contributed by atoms with van der Waals surface area (Å²) in [4.78, 5) is 34.1. The van der Waals surface area contributed by atoms with Crippen LogP contribution in [-0.4, -0.2) is 96.9 Å². The summed E-state index contributed by atoms with van der Waals surface area (Å²) in [7, 11) is 1.66. The zero-order chi connectivity index (χ0) is 40.8. The number of carbonyl (C=O) groups is 1. The Morgan fingerprint density at radius 1 is 0.780 bits per heavy atom. The van der Waals surface area contributed by atoms with Gasteiger partial charge >= 0.3 is 6.03 Å². The lowest BCUT2D eigenvalue weighted by Crippen LogP contribution is -2.49. The number of hydrogen-bond donors (Lipinski definition) is 3. The number of urea groups is 1. The van der Waals surface area contributed by atoms with Gasteiger partial charge in [0.2, 0.25) is 0 Å². The van der Waals surface area contributed by atoms with E-state index in [1.54, 1.807) is 13.4 Å². The molecule has 4 heterocycles. The first-order chi connectivity index (χ1) is 28.9. The lowest BCUT2D eigenvalue weighted by Gasteiger charge is -2.39. The Kier molecular flexibility index (Phi) is 14.8.